The van der Waals surface area contributed by atoms with Gasteiger partial charge >= 0.3 is 11.9 Å². The van der Waals surface area contributed by atoms with Gasteiger partial charge in [0.25, 0.3) is 0 Å². The minimum absolute atomic E-state index is 0.113. The lowest BCUT2D eigenvalue weighted by Crippen LogP contribution is -2.44. The molecular formula is C13H16N2O6. The normalized spacial score (nSPS) is 29.1. The maximum Gasteiger partial charge on any atom is 0.322 e. The topological polar surface area (TPSA) is 133 Å². The largest absolute Gasteiger partial charge is 0.481 e. The molecule has 4 unspecified atom stereocenters. The molecule has 0 spiro atoms. The van der Waals surface area contributed by atoms with Crippen molar-refractivity contribution in [3.05, 3.63) is 12.2 Å². The molecule has 2 amide bonds. The maximum atomic E-state index is 12.1. The average Bonchev–Trinajstić information content (AvgIpc) is 3.02. The van der Waals surface area contributed by atoms with Crippen LogP contribution in [0.25, 0.3) is 0 Å². The maximum absolute atomic E-state index is 12.1. The average molecular weight is 296 g/mol. The zero-order valence-corrected chi connectivity index (χ0v) is 11.1. The summed E-state index contributed by atoms with van der Waals surface area (Å²) in [6.45, 7) is -0.890. The van der Waals surface area contributed by atoms with E-state index in [-0.39, 0.29) is 18.4 Å². The lowest BCUT2D eigenvalue weighted by atomic mass is 9.82. The van der Waals surface area contributed by atoms with E-state index >= 15 is 0 Å². The van der Waals surface area contributed by atoms with Gasteiger partial charge in [-0.15, -0.1) is 0 Å². The lowest BCUT2D eigenvalue weighted by molar-refractivity contribution is -0.148. The molecule has 1 saturated carbocycles. The summed E-state index contributed by atoms with van der Waals surface area (Å²) in [6, 6.07) is 0. The van der Waals surface area contributed by atoms with Crippen LogP contribution < -0.4 is 10.6 Å². The summed E-state index contributed by atoms with van der Waals surface area (Å²) in [6.07, 6.45) is 4.31. The number of aliphatic carboxylic acids is 2. The van der Waals surface area contributed by atoms with Crippen molar-refractivity contribution in [3.8, 4) is 0 Å². The minimum Gasteiger partial charge on any atom is -0.481 e. The predicted molar refractivity (Wildman–Crippen MR) is 69.0 cm³/mol. The van der Waals surface area contributed by atoms with Crippen molar-refractivity contribution in [2.45, 2.75) is 6.42 Å². The fourth-order valence-electron chi connectivity index (χ4n) is 3.04. The number of allylic oxidation sites excluding steroid dienone is 2. The summed E-state index contributed by atoms with van der Waals surface area (Å²) in [5.41, 5.74) is 0. The van der Waals surface area contributed by atoms with Crippen LogP contribution in [0.5, 0.6) is 0 Å². The van der Waals surface area contributed by atoms with Gasteiger partial charge in [-0.05, 0) is 18.3 Å². The molecule has 0 radical (unpaired) electrons. The zero-order valence-electron chi connectivity index (χ0n) is 11.1. The Morgan fingerprint density at radius 1 is 0.952 bits per heavy atom. The molecule has 0 aromatic heterocycles. The van der Waals surface area contributed by atoms with Gasteiger partial charge in [0.15, 0.2) is 0 Å². The highest BCUT2D eigenvalue weighted by Gasteiger charge is 2.51. The number of carboxylic acids is 2. The third-order valence-corrected chi connectivity index (χ3v) is 3.91. The van der Waals surface area contributed by atoms with E-state index in [0.29, 0.717) is 6.42 Å². The van der Waals surface area contributed by atoms with Crippen LogP contribution in [0.2, 0.25) is 0 Å². The van der Waals surface area contributed by atoms with Crippen LogP contribution in [0.15, 0.2) is 12.2 Å². The van der Waals surface area contributed by atoms with Crippen LogP contribution in [0.1, 0.15) is 6.42 Å². The van der Waals surface area contributed by atoms with Gasteiger partial charge in [-0.1, -0.05) is 12.2 Å². The molecule has 1 fully saturated rings. The van der Waals surface area contributed by atoms with Gasteiger partial charge in [0.05, 0.1) is 18.4 Å². The molecule has 2 rings (SSSR count). The molecule has 8 nitrogen and oxygen atoms in total. The van der Waals surface area contributed by atoms with Crippen molar-refractivity contribution < 1.29 is 29.4 Å². The fraction of sp³-hybridized carbons (Fsp3) is 0.538. The number of carboxylic acid groups (broad SMARTS) is 2. The van der Waals surface area contributed by atoms with Gasteiger partial charge < -0.3 is 20.8 Å². The third-order valence-electron chi connectivity index (χ3n) is 3.91. The molecule has 0 aliphatic heterocycles. The molecular weight excluding hydrogens is 280 g/mol. The Morgan fingerprint density at radius 3 is 2.14 bits per heavy atom. The summed E-state index contributed by atoms with van der Waals surface area (Å²) in [5.74, 6) is -4.99. The van der Waals surface area contributed by atoms with Crippen molar-refractivity contribution in [2.75, 3.05) is 13.1 Å². The molecule has 114 valence electrons. The molecule has 2 aliphatic rings. The van der Waals surface area contributed by atoms with Crippen molar-refractivity contribution in [3.63, 3.8) is 0 Å². The Bertz CT molecular complexity index is 515. The molecule has 0 saturated heterocycles. The SMILES string of the molecule is O=C(O)CNC(=O)CNC(=O)C1C2C=CC(C2)C1C(=O)O. The van der Waals surface area contributed by atoms with Crippen molar-refractivity contribution >= 4 is 23.8 Å². The Hall–Kier alpha value is -2.38. The van der Waals surface area contributed by atoms with Crippen molar-refractivity contribution in [2.24, 2.45) is 23.7 Å². The first-order valence-electron chi connectivity index (χ1n) is 6.57. The number of hydrogen-bond donors (Lipinski definition) is 4. The highest BCUT2D eigenvalue weighted by Crippen LogP contribution is 2.48. The second-order valence-electron chi connectivity index (χ2n) is 5.23. The third kappa shape index (κ3) is 3.21. The van der Waals surface area contributed by atoms with Crippen LogP contribution in [0, 0.1) is 23.7 Å². The van der Waals surface area contributed by atoms with Gasteiger partial charge in [0.2, 0.25) is 11.8 Å². The zero-order chi connectivity index (χ0) is 15.6. The number of hydrogen-bond acceptors (Lipinski definition) is 4. The first-order chi connectivity index (χ1) is 9.90. The molecule has 2 aliphatic carbocycles. The first-order valence-corrected chi connectivity index (χ1v) is 6.57. The molecule has 2 bridgehead atoms. The van der Waals surface area contributed by atoms with Gasteiger partial charge in [-0.3, -0.25) is 19.2 Å². The number of amides is 2. The number of carbonyl (C=O) groups excluding carboxylic acids is 2. The minimum atomic E-state index is -1.18. The van der Waals surface area contributed by atoms with Gasteiger partial charge in [-0.2, -0.15) is 0 Å². The number of carbonyl (C=O) groups is 4. The molecule has 4 atom stereocenters. The molecule has 8 heteroatoms. The molecule has 0 heterocycles. The second kappa shape index (κ2) is 5.94. The Morgan fingerprint density at radius 2 is 1.57 bits per heavy atom. The number of fused-ring (bicyclic) bond motifs is 2. The number of nitrogens with one attached hydrogen (secondary N) is 2. The standard InChI is InChI=1S/C13H16N2O6/c16-8(14-5-9(17)18)4-15-12(19)10-6-1-2-7(3-6)11(10)13(20)21/h1-2,6-7,10-11H,3-5H2,(H,14,16)(H,15,19)(H,17,18)(H,20,21). The predicted octanol–water partition coefficient (Wildman–Crippen LogP) is -1.17. The smallest absolute Gasteiger partial charge is 0.322 e. The van der Waals surface area contributed by atoms with Gasteiger partial charge in [0, 0.05) is 0 Å². The van der Waals surface area contributed by atoms with E-state index in [9.17, 15) is 24.3 Å². The van der Waals surface area contributed by atoms with E-state index < -0.39 is 42.1 Å². The lowest BCUT2D eigenvalue weighted by Gasteiger charge is -2.23. The van der Waals surface area contributed by atoms with Crippen molar-refractivity contribution in [1.29, 1.82) is 0 Å². The van der Waals surface area contributed by atoms with Gasteiger partial charge in [-0.25, -0.2) is 0 Å². The second-order valence-corrected chi connectivity index (χ2v) is 5.23. The quantitative estimate of drug-likeness (QED) is 0.456. The Labute approximate surface area is 120 Å². The van der Waals surface area contributed by atoms with Crippen LogP contribution in [0.3, 0.4) is 0 Å². The van der Waals surface area contributed by atoms with E-state index in [1.807, 2.05) is 12.2 Å². The van der Waals surface area contributed by atoms with E-state index in [0.717, 1.165) is 0 Å². The Balaban J connectivity index is 1.88. The molecule has 4 N–H and O–H groups in total. The monoisotopic (exact) mass is 296 g/mol. The van der Waals surface area contributed by atoms with Crippen LogP contribution >= 0.6 is 0 Å². The summed E-state index contributed by atoms with van der Waals surface area (Å²) < 4.78 is 0. The Kier molecular flexibility index (Phi) is 4.25. The highest BCUT2D eigenvalue weighted by molar-refractivity contribution is 5.90. The van der Waals surface area contributed by atoms with E-state index in [1.54, 1.807) is 0 Å². The fourth-order valence-corrected chi connectivity index (χ4v) is 3.04. The molecule has 0 aromatic carbocycles. The van der Waals surface area contributed by atoms with Crippen LogP contribution in [0.4, 0.5) is 0 Å². The van der Waals surface area contributed by atoms with Crippen LogP contribution in [-0.2, 0) is 19.2 Å². The molecule has 0 aromatic rings. The summed E-state index contributed by atoms with van der Waals surface area (Å²) in [4.78, 5) is 45.0. The first kappa shape index (κ1) is 15.0. The summed E-state index contributed by atoms with van der Waals surface area (Å²) in [7, 11) is 0. The van der Waals surface area contributed by atoms with Gasteiger partial charge in [0.1, 0.15) is 6.54 Å². The highest BCUT2D eigenvalue weighted by atomic mass is 16.4. The van der Waals surface area contributed by atoms with E-state index in [1.165, 1.54) is 0 Å². The van der Waals surface area contributed by atoms with E-state index in [2.05, 4.69) is 10.6 Å². The summed E-state index contributed by atoms with van der Waals surface area (Å²) >= 11 is 0. The van der Waals surface area contributed by atoms with Crippen LogP contribution in [-0.4, -0.2) is 47.1 Å². The number of rotatable bonds is 6. The summed E-state index contributed by atoms with van der Waals surface area (Å²) in [5, 5.41) is 22.1. The van der Waals surface area contributed by atoms with E-state index in [4.69, 9.17) is 5.11 Å². The molecule has 21 heavy (non-hydrogen) atoms. The van der Waals surface area contributed by atoms with Crippen molar-refractivity contribution in [1.82, 2.24) is 10.6 Å².